The van der Waals surface area contributed by atoms with E-state index in [1.54, 1.807) is 25.7 Å². The van der Waals surface area contributed by atoms with Gasteiger partial charge in [0.05, 0.1) is 18.4 Å². The molecule has 6 rings (SSSR count). The van der Waals surface area contributed by atoms with Crippen molar-refractivity contribution in [3.63, 3.8) is 0 Å². The first-order valence-corrected chi connectivity index (χ1v) is 20.6. The number of nitrogens with one attached hydrogen (secondary N) is 3. The standard InChI is InChI=1S/C38H55N5O9S/c1-7-25-18-38(25,33(46)41-53(49,50)27-14-15-27)40-31(44)29-17-26-20-43(29)32(45)30(36(2,3)4)39-34(47)51-22-37(5,6)16-9-8-11-23-12-10-13-24-19-42(21-28(23)24)35(48)52-26/h10,12-13,25-27,29-30H,7-9,11,14-22H2,1-6H3,(H,39,47)(H,40,44)(H,41,46)/t25-,26+,29-,30+,38-/m0/s1. The summed E-state index contributed by atoms with van der Waals surface area (Å²) in [4.78, 5) is 72.1. The lowest BCUT2D eigenvalue weighted by Crippen LogP contribution is -2.60. The van der Waals surface area contributed by atoms with Gasteiger partial charge in [0.1, 0.15) is 23.7 Å². The number of carbonyl (C=O) groups is 5. The normalized spacial score (nSPS) is 29.4. The molecular formula is C38H55N5O9S. The fraction of sp³-hybridized carbons (Fsp3) is 0.711. The van der Waals surface area contributed by atoms with Gasteiger partial charge in [-0.25, -0.2) is 18.0 Å². The van der Waals surface area contributed by atoms with Crippen LogP contribution in [0, 0.1) is 16.7 Å². The van der Waals surface area contributed by atoms with Crippen LogP contribution in [0.2, 0.25) is 0 Å². The minimum absolute atomic E-state index is 0.0558. The van der Waals surface area contributed by atoms with Crippen LogP contribution in [-0.4, -0.2) is 90.3 Å². The molecule has 0 radical (unpaired) electrons. The molecule has 15 heteroatoms. The van der Waals surface area contributed by atoms with Crippen molar-refractivity contribution >= 4 is 39.9 Å². The van der Waals surface area contributed by atoms with Crippen LogP contribution in [0.3, 0.4) is 0 Å². The minimum Gasteiger partial charge on any atom is -0.449 e. The number of hydrogen-bond donors (Lipinski definition) is 3. The number of rotatable bonds is 6. The Labute approximate surface area is 312 Å². The number of carbonyl (C=O) groups excluding carboxylic acids is 5. The quantitative estimate of drug-likeness (QED) is 0.388. The zero-order valence-electron chi connectivity index (χ0n) is 31.8. The third kappa shape index (κ3) is 8.44. The SMILES string of the molecule is CC[C@H]1C[C@@]1(NC(=O)[C@@H]1C[C@@H]2CN1C(=O)[C@H](C(C)(C)C)NC(=O)OCC(C)(C)CCCCc1cccc3c1CN(C3)C(=O)O2)C(=O)NS(=O)(=O)C1CC1. The molecule has 3 heterocycles. The van der Waals surface area contributed by atoms with E-state index in [1.165, 1.54) is 10.5 Å². The van der Waals surface area contributed by atoms with Crippen molar-refractivity contribution in [1.29, 1.82) is 0 Å². The molecule has 5 atom stereocenters. The van der Waals surface area contributed by atoms with Crippen LogP contribution in [-0.2, 0) is 53.4 Å². The number of sulfonamides is 1. The Hall–Kier alpha value is -3.88. The van der Waals surface area contributed by atoms with Crippen LogP contribution in [0.15, 0.2) is 18.2 Å². The Morgan fingerprint density at radius 1 is 1.06 bits per heavy atom. The molecule has 0 spiro atoms. The topological polar surface area (TPSA) is 181 Å². The van der Waals surface area contributed by atoms with Gasteiger partial charge in [0.15, 0.2) is 0 Å². The largest absolute Gasteiger partial charge is 0.449 e. The molecule has 0 unspecified atom stereocenters. The van der Waals surface area contributed by atoms with Gasteiger partial charge in [-0.1, -0.05) is 72.6 Å². The van der Waals surface area contributed by atoms with Gasteiger partial charge in [0.25, 0.3) is 5.91 Å². The zero-order chi connectivity index (χ0) is 38.5. The molecule has 3 N–H and O–H groups in total. The van der Waals surface area contributed by atoms with Crippen LogP contribution >= 0.6 is 0 Å². The predicted molar refractivity (Wildman–Crippen MR) is 194 cm³/mol. The van der Waals surface area contributed by atoms with E-state index >= 15 is 0 Å². The Balaban J connectivity index is 1.28. The summed E-state index contributed by atoms with van der Waals surface area (Å²) in [6, 6.07) is 3.80. The lowest BCUT2D eigenvalue weighted by molar-refractivity contribution is -0.143. The van der Waals surface area contributed by atoms with Crippen molar-refractivity contribution < 1.29 is 41.9 Å². The van der Waals surface area contributed by atoms with Crippen LogP contribution in [0.5, 0.6) is 0 Å². The van der Waals surface area contributed by atoms with Crippen molar-refractivity contribution in [2.24, 2.45) is 16.7 Å². The highest BCUT2D eigenvalue weighted by atomic mass is 32.2. The van der Waals surface area contributed by atoms with Crippen molar-refractivity contribution in [2.45, 2.75) is 141 Å². The molecule has 53 heavy (non-hydrogen) atoms. The number of amides is 5. The molecule has 2 aliphatic carbocycles. The number of cyclic esters (lactones) is 1. The zero-order valence-corrected chi connectivity index (χ0v) is 32.6. The maximum atomic E-state index is 14.5. The molecular weight excluding hydrogens is 703 g/mol. The number of fused-ring (bicyclic) bond motifs is 3. The van der Waals surface area contributed by atoms with E-state index in [-0.39, 0.29) is 37.3 Å². The minimum atomic E-state index is -3.88. The first-order valence-electron chi connectivity index (χ1n) is 19.0. The van der Waals surface area contributed by atoms with E-state index in [9.17, 15) is 32.4 Å². The molecule has 5 aliphatic rings. The van der Waals surface area contributed by atoms with E-state index in [0.717, 1.165) is 36.8 Å². The second-order valence-electron chi connectivity index (χ2n) is 17.5. The molecule has 0 aromatic heterocycles. The Morgan fingerprint density at radius 2 is 1.77 bits per heavy atom. The number of nitrogens with zero attached hydrogens (tertiary/aromatic N) is 2. The fourth-order valence-corrected chi connectivity index (χ4v) is 9.33. The molecule has 2 saturated carbocycles. The number of aryl methyl sites for hydroxylation is 1. The molecule has 3 aliphatic heterocycles. The average Bonchev–Trinajstić information content (AvgIpc) is 3.97. The highest BCUT2D eigenvalue weighted by molar-refractivity contribution is 7.91. The van der Waals surface area contributed by atoms with Gasteiger partial charge in [-0.15, -0.1) is 0 Å². The number of ether oxygens (including phenoxy) is 2. The summed E-state index contributed by atoms with van der Waals surface area (Å²) < 4.78 is 39.3. The molecule has 5 amide bonds. The third-order valence-electron chi connectivity index (χ3n) is 11.5. The maximum Gasteiger partial charge on any atom is 0.410 e. The fourth-order valence-electron chi connectivity index (χ4n) is 7.97. The Morgan fingerprint density at radius 3 is 2.43 bits per heavy atom. The van der Waals surface area contributed by atoms with Gasteiger partial charge < -0.3 is 25.0 Å². The lowest BCUT2D eigenvalue weighted by atomic mass is 9.85. The van der Waals surface area contributed by atoms with Crippen molar-refractivity contribution in [1.82, 2.24) is 25.2 Å². The average molecular weight is 758 g/mol. The lowest BCUT2D eigenvalue weighted by Gasteiger charge is -2.35. The van der Waals surface area contributed by atoms with Crippen LogP contribution < -0.4 is 15.4 Å². The smallest absolute Gasteiger partial charge is 0.410 e. The van der Waals surface area contributed by atoms with Gasteiger partial charge in [-0.3, -0.25) is 24.0 Å². The highest BCUT2D eigenvalue weighted by Gasteiger charge is 2.62. The molecule has 14 nitrogen and oxygen atoms in total. The van der Waals surface area contributed by atoms with Gasteiger partial charge in [0.2, 0.25) is 21.8 Å². The van der Waals surface area contributed by atoms with Crippen molar-refractivity contribution in [2.75, 3.05) is 13.2 Å². The van der Waals surface area contributed by atoms with E-state index < -0.39 is 74.3 Å². The van der Waals surface area contributed by atoms with E-state index in [1.807, 2.05) is 32.9 Å². The third-order valence-corrected chi connectivity index (χ3v) is 13.3. The summed E-state index contributed by atoms with van der Waals surface area (Å²) in [5.74, 6) is -2.33. The molecule has 1 aromatic carbocycles. The molecule has 292 valence electrons. The Bertz CT molecular complexity index is 1750. The summed E-state index contributed by atoms with van der Waals surface area (Å²) in [6.45, 7) is 12.1. The maximum absolute atomic E-state index is 14.5. The summed E-state index contributed by atoms with van der Waals surface area (Å²) in [6.07, 6.45) is 2.94. The monoisotopic (exact) mass is 757 g/mol. The molecule has 1 aromatic rings. The van der Waals surface area contributed by atoms with Crippen LogP contribution in [0.4, 0.5) is 9.59 Å². The van der Waals surface area contributed by atoms with Crippen LogP contribution in [0.1, 0.15) is 110 Å². The summed E-state index contributed by atoms with van der Waals surface area (Å²) >= 11 is 0. The summed E-state index contributed by atoms with van der Waals surface area (Å²) in [5, 5.41) is 4.95. The predicted octanol–water partition coefficient (Wildman–Crippen LogP) is 3.90. The van der Waals surface area contributed by atoms with E-state index in [2.05, 4.69) is 21.4 Å². The highest BCUT2D eigenvalue weighted by Crippen LogP contribution is 2.47. The first kappa shape index (κ1) is 38.8. The van der Waals surface area contributed by atoms with Gasteiger partial charge in [0, 0.05) is 19.5 Å². The summed E-state index contributed by atoms with van der Waals surface area (Å²) in [5.41, 5.74) is 0.742. The van der Waals surface area contributed by atoms with Crippen molar-refractivity contribution in [3.8, 4) is 0 Å². The molecule has 1 saturated heterocycles. The second kappa shape index (κ2) is 14.4. The van der Waals surface area contributed by atoms with Gasteiger partial charge in [-0.2, -0.15) is 0 Å². The van der Waals surface area contributed by atoms with Gasteiger partial charge >= 0.3 is 12.2 Å². The van der Waals surface area contributed by atoms with Crippen LogP contribution in [0.25, 0.3) is 0 Å². The first-order chi connectivity index (χ1) is 24.8. The van der Waals surface area contributed by atoms with E-state index in [4.69, 9.17) is 9.47 Å². The number of alkyl carbamates (subject to hydrolysis) is 1. The molecule has 4 bridgehead atoms. The van der Waals surface area contributed by atoms with E-state index in [0.29, 0.717) is 32.4 Å². The summed E-state index contributed by atoms with van der Waals surface area (Å²) in [7, 11) is -3.88. The number of hydrogen-bond acceptors (Lipinski definition) is 9. The van der Waals surface area contributed by atoms with Crippen molar-refractivity contribution in [3.05, 3.63) is 34.9 Å². The number of benzene rings is 1. The molecule has 3 fully saturated rings. The Kier molecular flexibility index (Phi) is 10.6. The second-order valence-corrected chi connectivity index (χ2v) is 19.5. The van der Waals surface area contributed by atoms with Gasteiger partial charge in [-0.05, 0) is 72.0 Å².